The zero-order valence-electron chi connectivity index (χ0n) is 14.2. The zero-order chi connectivity index (χ0) is 19.6. The van der Waals surface area contributed by atoms with Crippen molar-refractivity contribution in [2.45, 2.75) is 42.7 Å². The van der Waals surface area contributed by atoms with Crippen LogP contribution in [0.25, 0.3) is 11.3 Å². The lowest BCUT2D eigenvalue weighted by molar-refractivity contribution is 0.120. The highest BCUT2D eigenvalue weighted by Gasteiger charge is 2.25. The van der Waals surface area contributed by atoms with E-state index in [2.05, 4.69) is 9.71 Å². The molecule has 0 aliphatic heterocycles. The average molecular weight is 410 g/mol. The van der Waals surface area contributed by atoms with E-state index in [1.165, 1.54) is 24.3 Å². The van der Waals surface area contributed by atoms with Crippen LogP contribution >= 0.6 is 11.6 Å². The van der Waals surface area contributed by atoms with E-state index < -0.39 is 15.8 Å². The van der Waals surface area contributed by atoms with Crippen molar-refractivity contribution in [2.75, 3.05) is 0 Å². The van der Waals surface area contributed by atoms with Gasteiger partial charge in [-0.25, -0.2) is 22.5 Å². The molecular formula is C18H17ClFN3O3S. The quantitative estimate of drug-likeness (QED) is 0.807. The molecule has 1 aliphatic rings. The maximum atomic E-state index is 13.4. The topological polar surface area (TPSA) is 103 Å². The fourth-order valence-electron chi connectivity index (χ4n) is 3.02. The Morgan fingerprint density at radius 3 is 2.56 bits per heavy atom. The molecule has 1 aliphatic carbocycles. The minimum atomic E-state index is -3.77. The Bertz CT molecular complexity index is 999. The summed E-state index contributed by atoms with van der Waals surface area (Å²) in [6.07, 6.45) is 1.89. The van der Waals surface area contributed by atoms with E-state index in [1.807, 2.05) is 0 Å². The van der Waals surface area contributed by atoms with Crippen molar-refractivity contribution in [3.8, 4) is 17.3 Å². The van der Waals surface area contributed by atoms with Gasteiger partial charge in [-0.15, -0.1) is 0 Å². The maximum Gasteiger partial charge on any atom is 0.240 e. The molecule has 9 heteroatoms. The maximum absolute atomic E-state index is 13.4. The number of rotatable bonds is 4. The summed E-state index contributed by atoms with van der Waals surface area (Å²) < 4.78 is 41.2. The molecule has 0 radical (unpaired) electrons. The second-order valence-corrected chi connectivity index (χ2v) is 8.53. The van der Waals surface area contributed by atoms with Crippen LogP contribution in [-0.4, -0.2) is 30.7 Å². The molecule has 6 nitrogen and oxygen atoms in total. The summed E-state index contributed by atoms with van der Waals surface area (Å²) >= 11 is 6.23. The second kappa shape index (κ2) is 7.90. The second-order valence-electron chi connectivity index (χ2n) is 6.41. The van der Waals surface area contributed by atoms with Crippen molar-refractivity contribution in [2.24, 2.45) is 0 Å². The fraction of sp³-hybridized carbons (Fsp3) is 0.333. The number of sulfonamides is 1. The number of nitriles is 1. The standard InChI is InChI=1S/C18H17ClFN3O3S/c19-15-9-13(27(25,26)23-11-1-3-12(24)4-2-11)5-6-14(15)17-8-7-16(20)18(10-21)22-17/h5-9,11-12,23-24H,1-4H2. The molecule has 0 saturated heterocycles. The van der Waals surface area contributed by atoms with Gasteiger partial charge in [0.05, 0.1) is 21.7 Å². The molecule has 0 unspecified atom stereocenters. The van der Waals surface area contributed by atoms with Crippen molar-refractivity contribution in [1.82, 2.24) is 9.71 Å². The Balaban J connectivity index is 1.85. The van der Waals surface area contributed by atoms with Crippen molar-refractivity contribution in [1.29, 1.82) is 5.26 Å². The van der Waals surface area contributed by atoms with Gasteiger partial charge in [0.15, 0.2) is 11.5 Å². The predicted octanol–water partition coefficient (Wildman–Crippen LogP) is 2.99. The van der Waals surface area contributed by atoms with Crippen LogP contribution in [0.4, 0.5) is 4.39 Å². The number of halogens is 2. The van der Waals surface area contributed by atoms with Crippen LogP contribution in [0.1, 0.15) is 31.4 Å². The summed E-state index contributed by atoms with van der Waals surface area (Å²) in [5.41, 5.74) is 0.311. The van der Waals surface area contributed by atoms with E-state index >= 15 is 0 Å². The Hall–Kier alpha value is -2.05. The van der Waals surface area contributed by atoms with Crippen LogP contribution in [0, 0.1) is 17.1 Å². The van der Waals surface area contributed by atoms with Gasteiger partial charge >= 0.3 is 0 Å². The smallest absolute Gasteiger partial charge is 0.240 e. The van der Waals surface area contributed by atoms with E-state index in [1.54, 1.807) is 6.07 Å². The molecule has 0 amide bonds. The lowest BCUT2D eigenvalue weighted by Crippen LogP contribution is -2.38. The van der Waals surface area contributed by atoms with Crippen LogP contribution in [0.15, 0.2) is 35.2 Å². The molecule has 1 aromatic heterocycles. The first-order valence-electron chi connectivity index (χ1n) is 8.37. The summed E-state index contributed by atoms with van der Waals surface area (Å²) in [6.45, 7) is 0. The SMILES string of the molecule is N#Cc1nc(-c2ccc(S(=O)(=O)NC3CCC(O)CC3)cc2Cl)ccc1F. The highest BCUT2D eigenvalue weighted by molar-refractivity contribution is 7.89. The number of nitrogens with zero attached hydrogens (tertiary/aromatic N) is 2. The van der Waals surface area contributed by atoms with E-state index in [0.29, 0.717) is 31.2 Å². The van der Waals surface area contributed by atoms with Gasteiger partial charge in [-0.2, -0.15) is 5.26 Å². The zero-order valence-corrected chi connectivity index (χ0v) is 15.8. The van der Waals surface area contributed by atoms with E-state index in [4.69, 9.17) is 16.9 Å². The van der Waals surface area contributed by atoms with Crippen LogP contribution in [-0.2, 0) is 10.0 Å². The summed E-state index contributed by atoms with van der Waals surface area (Å²) in [5.74, 6) is -0.738. The summed E-state index contributed by atoms with van der Waals surface area (Å²) in [6, 6.07) is 8.07. The van der Waals surface area contributed by atoms with Gasteiger partial charge in [-0.05, 0) is 56.0 Å². The molecule has 1 aromatic carbocycles. The number of pyridine rings is 1. The number of aromatic nitrogens is 1. The third-order valence-electron chi connectivity index (χ3n) is 4.50. The lowest BCUT2D eigenvalue weighted by atomic mass is 9.94. The highest BCUT2D eigenvalue weighted by atomic mass is 35.5. The molecule has 142 valence electrons. The first-order valence-corrected chi connectivity index (χ1v) is 10.2. The van der Waals surface area contributed by atoms with Gasteiger partial charge in [-0.3, -0.25) is 0 Å². The minimum absolute atomic E-state index is 0.00462. The number of hydrogen-bond donors (Lipinski definition) is 2. The third-order valence-corrected chi connectivity index (χ3v) is 6.33. The van der Waals surface area contributed by atoms with E-state index in [0.717, 1.165) is 6.07 Å². The van der Waals surface area contributed by atoms with Crippen molar-refractivity contribution in [3.05, 3.63) is 46.9 Å². The van der Waals surface area contributed by atoms with Gasteiger partial charge in [-0.1, -0.05) is 11.6 Å². The average Bonchev–Trinajstić information content (AvgIpc) is 2.64. The van der Waals surface area contributed by atoms with Crippen molar-refractivity contribution < 1.29 is 17.9 Å². The van der Waals surface area contributed by atoms with Crippen LogP contribution in [0.3, 0.4) is 0 Å². The van der Waals surface area contributed by atoms with Crippen LogP contribution in [0.2, 0.25) is 5.02 Å². The Morgan fingerprint density at radius 1 is 1.22 bits per heavy atom. The number of aliphatic hydroxyl groups excluding tert-OH is 1. The van der Waals surface area contributed by atoms with Gasteiger partial charge < -0.3 is 5.11 Å². The van der Waals surface area contributed by atoms with Crippen LogP contribution in [0.5, 0.6) is 0 Å². The number of nitrogens with one attached hydrogen (secondary N) is 1. The Kier molecular flexibility index (Phi) is 5.77. The molecule has 1 heterocycles. The minimum Gasteiger partial charge on any atom is -0.393 e. The van der Waals surface area contributed by atoms with Gasteiger partial charge in [0.1, 0.15) is 6.07 Å². The van der Waals surface area contributed by atoms with E-state index in [9.17, 15) is 17.9 Å². The fourth-order valence-corrected chi connectivity index (χ4v) is 4.70. The first kappa shape index (κ1) is 19.7. The Morgan fingerprint density at radius 2 is 1.93 bits per heavy atom. The molecule has 1 fully saturated rings. The summed E-state index contributed by atoms with van der Waals surface area (Å²) in [7, 11) is -3.77. The monoisotopic (exact) mass is 409 g/mol. The van der Waals surface area contributed by atoms with Crippen LogP contribution < -0.4 is 4.72 Å². The molecule has 2 aromatic rings. The van der Waals surface area contributed by atoms with Crippen molar-refractivity contribution in [3.63, 3.8) is 0 Å². The highest BCUT2D eigenvalue weighted by Crippen LogP contribution is 2.30. The van der Waals surface area contributed by atoms with E-state index in [-0.39, 0.29) is 33.5 Å². The first-order chi connectivity index (χ1) is 12.8. The van der Waals surface area contributed by atoms with Crippen molar-refractivity contribution >= 4 is 21.6 Å². The van der Waals surface area contributed by atoms with Gasteiger partial charge in [0, 0.05) is 11.6 Å². The van der Waals surface area contributed by atoms with Gasteiger partial charge in [0.25, 0.3) is 0 Å². The number of aliphatic hydroxyl groups is 1. The third kappa shape index (κ3) is 4.45. The summed E-state index contributed by atoms with van der Waals surface area (Å²) in [5, 5.41) is 18.5. The lowest BCUT2D eigenvalue weighted by Gasteiger charge is -2.26. The molecule has 3 rings (SSSR count). The molecule has 2 N–H and O–H groups in total. The predicted molar refractivity (Wildman–Crippen MR) is 97.9 cm³/mol. The largest absolute Gasteiger partial charge is 0.393 e. The summed E-state index contributed by atoms with van der Waals surface area (Å²) in [4.78, 5) is 3.91. The molecule has 0 spiro atoms. The molecule has 27 heavy (non-hydrogen) atoms. The normalized spacial score (nSPS) is 20.2. The van der Waals surface area contributed by atoms with Gasteiger partial charge in [0.2, 0.25) is 10.0 Å². The number of benzene rings is 1. The molecule has 1 saturated carbocycles. The molecule has 0 atom stereocenters. The Labute approximate surface area is 161 Å². The number of hydrogen-bond acceptors (Lipinski definition) is 5. The molecule has 0 bridgehead atoms. The molecular weight excluding hydrogens is 393 g/mol.